The van der Waals surface area contributed by atoms with Crippen LogP contribution in [0.5, 0.6) is 5.75 Å². The maximum absolute atomic E-state index is 5.76. The van der Waals surface area contributed by atoms with Crippen molar-refractivity contribution in [1.82, 2.24) is 10.2 Å². The van der Waals surface area contributed by atoms with E-state index >= 15 is 0 Å². The SMILES string of the molecule is CN=C(NCCCOc1ccc(C)cc1)N1CCC(COCCOC)C1. The highest BCUT2D eigenvalue weighted by molar-refractivity contribution is 5.80. The maximum atomic E-state index is 5.76. The second kappa shape index (κ2) is 11.8. The summed E-state index contributed by atoms with van der Waals surface area (Å²) >= 11 is 0. The number of aliphatic imine (C=N–C) groups is 1. The van der Waals surface area contributed by atoms with Gasteiger partial charge in [-0.05, 0) is 31.9 Å². The number of hydrogen-bond acceptors (Lipinski definition) is 4. The zero-order valence-corrected chi connectivity index (χ0v) is 16.4. The molecule has 1 saturated heterocycles. The van der Waals surface area contributed by atoms with Crippen molar-refractivity contribution in [1.29, 1.82) is 0 Å². The average molecular weight is 364 g/mol. The summed E-state index contributed by atoms with van der Waals surface area (Å²) in [5, 5.41) is 3.44. The van der Waals surface area contributed by atoms with E-state index in [1.807, 2.05) is 19.2 Å². The number of rotatable bonds is 10. The molecule has 1 aromatic carbocycles. The standard InChI is InChI=1S/C20H33N3O3/c1-17-5-7-19(8-6-17)26-12-4-10-22-20(21-2)23-11-9-18(15-23)16-25-14-13-24-3/h5-8,18H,4,9-16H2,1-3H3,(H,21,22). The van der Waals surface area contributed by atoms with E-state index in [1.54, 1.807) is 7.11 Å². The summed E-state index contributed by atoms with van der Waals surface area (Å²) in [7, 11) is 3.54. The van der Waals surface area contributed by atoms with E-state index in [4.69, 9.17) is 14.2 Å². The molecule has 1 aliphatic heterocycles. The molecule has 2 rings (SSSR count). The van der Waals surface area contributed by atoms with E-state index in [9.17, 15) is 0 Å². The molecule has 0 spiro atoms. The van der Waals surface area contributed by atoms with Gasteiger partial charge in [-0.1, -0.05) is 17.7 Å². The summed E-state index contributed by atoms with van der Waals surface area (Å²) in [4.78, 5) is 6.72. The number of benzene rings is 1. The summed E-state index contributed by atoms with van der Waals surface area (Å²) in [6.45, 7) is 7.76. The quantitative estimate of drug-likeness (QED) is 0.393. The van der Waals surface area contributed by atoms with Crippen molar-refractivity contribution in [3.05, 3.63) is 29.8 Å². The molecule has 1 N–H and O–H groups in total. The Morgan fingerprint density at radius 3 is 2.77 bits per heavy atom. The van der Waals surface area contributed by atoms with E-state index in [0.717, 1.165) is 50.8 Å². The minimum Gasteiger partial charge on any atom is -0.494 e. The Labute approximate surface area is 157 Å². The number of methoxy groups -OCH3 is 1. The topological polar surface area (TPSA) is 55.3 Å². The van der Waals surface area contributed by atoms with E-state index in [2.05, 4.69) is 34.3 Å². The first-order chi connectivity index (χ1) is 12.7. The van der Waals surface area contributed by atoms with Crippen molar-refractivity contribution in [3.8, 4) is 5.75 Å². The van der Waals surface area contributed by atoms with Crippen molar-refractivity contribution in [3.63, 3.8) is 0 Å². The molecular weight excluding hydrogens is 330 g/mol. The number of aryl methyl sites for hydroxylation is 1. The third-order valence-electron chi connectivity index (χ3n) is 4.48. The summed E-state index contributed by atoms with van der Waals surface area (Å²) in [5.41, 5.74) is 1.25. The first-order valence-corrected chi connectivity index (χ1v) is 9.44. The van der Waals surface area contributed by atoms with Crippen LogP contribution in [0.1, 0.15) is 18.4 Å². The molecule has 0 amide bonds. The Hall–Kier alpha value is -1.79. The Morgan fingerprint density at radius 2 is 2.04 bits per heavy atom. The van der Waals surface area contributed by atoms with Gasteiger partial charge in [0.2, 0.25) is 0 Å². The van der Waals surface area contributed by atoms with Crippen LogP contribution < -0.4 is 10.1 Å². The third-order valence-corrected chi connectivity index (χ3v) is 4.48. The van der Waals surface area contributed by atoms with Gasteiger partial charge in [-0.2, -0.15) is 0 Å². The number of nitrogens with zero attached hydrogens (tertiary/aromatic N) is 2. The second-order valence-electron chi connectivity index (χ2n) is 6.66. The van der Waals surface area contributed by atoms with Gasteiger partial charge >= 0.3 is 0 Å². The van der Waals surface area contributed by atoms with Crippen molar-refractivity contribution in [2.45, 2.75) is 19.8 Å². The van der Waals surface area contributed by atoms with Crippen LogP contribution in [0, 0.1) is 12.8 Å². The molecule has 1 fully saturated rings. The Morgan fingerprint density at radius 1 is 1.23 bits per heavy atom. The largest absolute Gasteiger partial charge is 0.494 e. The highest BCUT2D eigenvalue weighted by Crippen LogP contribution is 2.16. The summed E-state index contributed by atoms with van der Waals surface area (Å²) in [6.07, 6.45) is 2.08. The van der Waals surface area contributed by atoms with Crippen LogP contribution in [0.4, 0.5) is 0 Å². The lowest BCUT2D eigenvalue weighted by molar-refractivity contribution is 0.0536. The zero-order valence-electron chi connectivity index (χ0n) is 16.4. The van der Waals surface area contributed by atoms with Gasteiger partial charge in [-0.3, -0.25) is 4.99 Å². The highest BCUT2D eigenvalue weighted by atomic mass is 16.5. The van der Waals surface area contributed by atoms with Gasteiger partial charge < -0.3 is 24.4 Å². The Kier molecular flexibility index (Phi) is 9.28. The van der Waals surface area contributed by atoms with Crippen LogP contribution >= 0.6 is 0 Å². The zero-order chi connectivity index (χ0) is 18.6. The summed E-state index contributed by atoms with van der Waals surface area (Å²) in [6, 6.07) is 8.16. The van der Waals surface area contributed by atoms with Gasteiger partial charge in [0.15, 0.2) is 5.96 Å². The first-order valence-electron chi connectivity index (χ1n) is 9.44. The van der Waals surface area contributed by atoms with Gasteiger partial charge in [-0.15, -0.1) is 0 Å². The van der Waals surface area contributed by atoms with Gasteiger partial charge in [0.1, 0.15) is 5.75 Å². The average Bonchev–Trinajstić information content (AvgIpc) is 3.12. The Bertz CT molecular complexity index is 534. The van der Waals surface area contributed by atoms with Gasteiger partial charge in [0.05, 0.1) is 26.4 Å². The van der Waals surface area contributed by atoms with Crippen molar-refractivity contribution >= 4 is 5.96 Å². The number of likely N-dealkylation sites (tertiary alicyclic amines) is 1. The number of hydrogen-bond donors (Lipinski definition) is 1. The molecule has 1 unspecified atom stereocenters. The van der Waals surface area contributed by atoms with Crippen molar-refractivity contribution in [2.75, 3.05) is 60.2 Å². The number of guanidine groups is 1. The van der Waals surface area contributed by atoms with E-state index < -0.39 is 0 Å². The predicted octanol–water partition coefficient (Wildman–Crippen LogP) is 2.32. The molecule has 146 valence electrons. The molecule has 0 saturated carbocycles. The maximum Gasteiger partial charge on any atom is 0.193 e. The smallest absolute Gasteiger partial charge is 0.193 e. The number of ether oxygens (including phenoxy) is 3. The van der Waals surface area contributed by atoms with Gasteiger partial charge in [-0.25, -0.2) is 0 Å². The van der Waals surface area contributed by atoms with Gasteiger partial charge in [0.25, 0.3) is 0 Å². The molecule has 26 heavy (non-hydrogen) atoms. The highest BCUT2D eigenvalue weighted by Gasteiger charge is 2.24. The van der Waals surface area contributed by atoms with Crippen molar-refractivity contribution < 1.29 is 14.2 Å². The van der Waals surface area contributed by atoms with Crippen LogP contribution in [0.25, 0.3) is 0 Å². The van der Waals surface area contributed by atoms with E-state index in [-0.39, 0.29) is 0 Å². The van der Waals surface area contributed by atoms with Crippen LogP contribution in [0.3, 0.4) is 0 Å². The summed E-state index contributed by atoms with van der Waals surface area (Å²) in [5.74, 6) is 2.46. The van der Waals surface area contributed by atoms with Crippen LogP contribution in [0.2, 0.25) is 0 Å². The lowest BCUT2D eigenvalue weighted by Gasteiger charge is -2.21. The first kappa shape index (κ1) is 20.5. The normalized spacial score (nSPS) is 17.6. The predicted molar refractivity (Wildman–Crippen MR) is 105 cm³/mol. The fourth-order valence-electron chi connectivity index (χ4n) is 2.98. The fraction of sp³-hybridized carbons (Fsp3) is 0.650. The van der Waals surface area contributed by atoms with Crippen LogP contribution in [-0.4, -0.2) is 71.1 Å². The molecule has 6 heteroatoms. The molecule has 0 radical (unpaired) electrons. The molecule has 0 bridgehead atoms. The van der Waals surface area contributed by atoms with Crippen LogP contribution in [0.15, 0.2) is 29.3 Å². The molecule has 1 aromatic rings. The minimum absolute atomic E-state index is 0.565. The number of nitrogens with one attached hydrogen (secondary N) is 1. The van der Waals surface area contributed by atoms with Crippen molar-refractivity contribution in [2.24, 2.45) is 10.9 Å². The molecule has 1 heterocycles. The minimum atomic E-state index is 0.565. The molecule has 1 atom stereocenters. The second-order valence-corrected chi connectivity index (χ2v) is 6.66. The summed E-state index contributed by atoms with van der Waals surface area (Å²) < 4.78 is 16.4. The van der Waals surface area contributed by atoms with Crippen LogP contribution in [-0.2, 0) is 9.47 Å². The van der Waals surface area contributed by atoms with E-state index in [1.165, 1.54) is 5.56 Å². The van der Waals surface area contributed by atoms with Gasteiger partial charge in [0, 0.05) is 39.7 Å². The Balaban J connectivity index is 1.59. The molecular formula is C20H33N3O3. The lowest BCUT2D eigenvalue weighted by Crippen LogP contribution is -2.40. The van der Waals surface area contributed by atoms with E-state index in [0.29, 0.717) is 25.7 Å². The molecule has 0 aliphatic carbocycles. The molecule has 1 aliphatic rings. The molecule has 0 aromatic heterocycles. The lowest BCUT2D eigenvalue weighted by atomic mass is 10.1. The fourth-order valence-corrected chi connectivity index (χ4v) is 2.98. The third kappa shape index (κ3) is 7.22. The monoisotopic (exact) mass is 363 g/mol. The molecule has 6 nitrogen and oxygen atoms in total.